The second kappa shape index (κ2) is 26.4. The monoisotopic (exact) mass is 859 g/mol. The molecule has 346 valence electrons. The van der Waals surface area contributed by atoms with Gasteiger partial charge in [-0.1, -0.05) is 57.2 Å². The summed E-state index contributed by atoms with van der Waals surface area (Å²) in [6, 6.07) is 0. The van der Waals surface area contributed by atoms with Crippen LogP contribution in [0.5, 0.6) is 0 Å². The first-order valence-corrected chi connectivity index (χ1v) is 22.8. The summed E-state index contributed by atoms with van der Waals surface area (Å²) < 4.78 is 22.6. The van der Waals surface area contributed by atoms with Gasteiger partial charge in [-0.2, -0.15) is 0 Å². The maximum absolute atomic E-state index is 13.2. The molecule has 13 nitrogen and oxygen atoms in total. The van der Waals surface area contributed by atoms with Crippen LogP contribution in [0.2, 0.25) is 0 Å². The number of methoxy groups -OCH3 is 2. The Morgan fingerprint density at radius 2 is 1.52 bits per heavy atom. The molecule has 3 rings (SSSR count). The molecule has 2 heterocycles. The number of Topliss-reactive ketones (excluding diaryl/α,β-unsaturated/α-hetero) is 2. The van der Waals surface area contributed by atoms with Gasteiger partial charge >= 0.3 is 6.09 Å². The van der Waals surface area contributed by atoms with E-state index in [1.165, 1.54) is 4.90 Å². The molecule has 9 atom stereocenters. The molecule has 3 fully saturated rings. The number of ether oxygens (including phenoxy) is 4. The van der Waals surface area contributed by atoms with Gasteiger partial charge < -0.3 is 44.9 Å². The molecule has 0 aromatic carbocycles. The zero-order valence-electron chi connectivity index (χ0n) is 38.1. The van der Waals surface area contributed by atoms with Crippen LogP contribution in [0.4, 0.5) is 4.79 Å². The van der Waals surface area contributed by atoms with Crippen molar-refractivity contribution in [2.45, 2.75) is 180 Å². The Balaban J connectivity index is 1.40. The SMILES string of the molecule is CO[C@H](CCC1CCC(OC(N)=O)CC1)CC[C@H](C)/C=C(\C)[C@@H](O)[C@@H](O)C(=O)[C@H](C)C[C@H](C)/C=C/C=C/C=C(\C)[C@H](C[C@@H]1CCC[C@](O)(C(=O)C(=O)N2CCCCC2)O1)OC. The van der Waals surface area contributed by atoms with Gasteiger partial charge in [0.15, 0.2) is 5.78 Å². The summed E-state index contributed by atoms with van der Waals surface area (Å²) in [6.45, 7) is 10.6. The van der Waals surface area contributed by atoms with Gasteiger partial charge in [0.25, 0.3) is 11.7 Å². The minimum absolute atomic E-state index is 0.0349. The number of likely N-dealkylation sites (tertiary alicyclic amines) is 1. The van der Waals surface area contributed by atoms with Crippen LogP contribution in [-0.4, -0.2) is 114 Å². The van der Waals surface area contributed by atoms with Crippen LogP contribution < -0.4 is 5.73 Å². The van der Waals surface area contributed by atoms with Gasteiger partial charge in [0.1, 0.15) is 18.3 Å². The molecule has 3 aliphatic rings. The third kappa shape index (κ3) is 17.5. The van der Waals surface area contributed by atoms with Crippen LogP contribution in [0.15, 0.2) is 47.6 Å². The van der Waals surface area contributed by atoms with Gasteiger partial charge in [-0.25, -0.2) is 4.79 Å². The first-order chi connectivity index (χ1) is 29.0. The number of hydrogen-bond donors (Lipinski definition) is 4. The number of carbonyl (C=O) groups excluding carboxylic acids is 4. The number of nitrogens with two attached hydrogens (primary N) is 1. The molecule has 61 heavy (non-hydrogen) atoms. The van der Waals surface area contributed by atoms with Crippen molar-refractivity contribution in [1.82, 2.24) is 4.90 Å². The van der Waals surface area contributed by atoms with Crippen molar-refractivity contribution in [3.05, 3.63) is 47.6 Å². The third-order valence-corrected chi connectivity index (χ3v) is 13.0. The summed E-state index contributed by atoms with van der Waals surface area (Å²) in [6.07, 6.45) is 19.7. The second-order valence-corrected chi connectivity index (χ2v) is 18.1. The van der Waals surface area contributed by atoms with E-state index in [0.29, 0.717) is 50.3 Å². The van der Waals surface area contributed by atoms with Gasteiger partial charge in [-0.3, -0.25) is 14.4 Å². The fourth-order valence-electron chi connectivity index (χ4n) is 9.08. The van der Waals surface area contributed by atoms with Crippen molar-refractivity contribution in [3.63, 3.8) is 0 Å². The van der Waals surface area contributed by atoms with Gasteiger partial charge in [0.05, 0.1) is 18.3 Å². The van der Waals surface area contributed by atoms with Crippen LogP contribution in [0.3, 0.4) is 0 Å². The summed E-state index contributed by atoms with van der Waals surface area (Å²) in [7, 11) is 3.34. The van der Waals surface area contributed by atoms with Crippen LogP contribution in [0, 0.1) is 23.7 Å². The Morgan fingerprint density at radius 3 is 2.16 bits per heavy atom. The van der Waals surface area contributed by atoms with E-state index in [1.807, 2.05) is 50.3 Å². The Morgan fingerprint density at radius 1 is 0.836 bits per heavy atom. The highest BCUT2D eigenvalue weighted by molar-refractivity contribution is 6.38. The summed E-state index contributed by atoms with van der Waals surface area (Å²) in [5.41, 5.74) is 6.66. The van der Waals surface area contributed by atoms with E-state index in [1.54, 1.807) is 28.1 Å². The molecule has 0 spiro atoms. The number of amides is 2. The lowest BCUT2D eigenvalue weighted by molar-refractivity contribution is -0.244. The Labute approximate surface area is 365 Å². The van der Waals surface area contributed by atoms with Crippen molar-refractivity contribution in [3.8, 4) is 0 Å². The highest BCUT2D eigenvalue weighted by Gasteiger charge is 2.47. The Bertz CT molecular complexity index is 1510. The van der Waals surface area contributed by atoms with Crippen LogP contribution in [0.25, 0.3) is 0 Å². The number of hydrogen-bond acceptors (Lipinski definition) is 11. The van der Waals surface area contributed by atoms with Crippen molar-refractivity contribution in [1.29, 1.82) is 0 Å². The van der Waals surface area contributed by atoms with E-state index in [0.717, 1.165) is 76.2 Å². The first kappa shape index (κ1) is 52.1. The van der Waals surface area contributed by atoms with E-state index in [9.17, 15) is 34.5 Å². The lowest BCUT2D eigenvalue weighted by Gasteiger charge is -2.38. The quantitative estimate of drug-likeness (QED) is 0.0441. The average molecular weight is 859 g/mol. The summed E-state index contributed by atoms with van der Waals surface area (Å²) in [5.74, 6) is -3.78. The van der Waals surface area contributed by atoms with Crippen LogP contribution >= 0.6 is 0 Å². The molecule has 13 heteroatoms. The molecule has 2 aliphatic heterocycles. The molecule has 1 aliphatic carbocycles. The van der Waals surface area contributed by atoms with Crippen molar-refractivity contribution in [2.75, 3.05) is 27.3 Å². The summed E-state index contributed by atoms with van der Waals surface area (Å²) in [4.78, 5) is 51.6. The number of allylic oxidation sites excluding steroid dienone is 6. The Kier molecular flexibility index (Phi) is 22.6. The largest absolute Gasteiger partial charge is 0.446 e. The molecular formula is C48H78N2O11. The summed E-state index contributed by atoms with van der Waals surface area (Å²) in [5, 5.41) is 32.9. The predicted octanol–water partition coefficient (Wildman–Crippen LogP) is 7.05. The molecule has 1 saturated carbocycles. The topological polar surface area (TPSA) is 195 Å². The lowest BCUT2D eigenvalue weighted by Crippen LogP contribution is -2.55. The van der Waals surface area contributed by atoms with Crippen molar-refractivity contribution in [2.24, 2.45) is 29.4 Å². The van der Waals surface area contributed by atoms with Crippen molar-refractivity contribution >= 4 is 23.6 Å². The van der Waals surface area contributed by atoms with Gasteiger partial charge in [0.2, 0.25) is 5.79 Å². The number of carbonyl (C=O) groups is 4. The van der Waals surface area contributed by atoms with E-state index in [-0.39, 0.29) is 42.4 Å². The molecule has 0 aromatic heterocycles. The number of aliphatic hydroxyl groups excluding tert-OH is 2. The molecule has 0 aromatic rings. The smallest absolute Gasteiger partial charge is 0.404 e. The number of aliphatic hydroxyl groups is 3. The fourth-order valence-corrected chi connectivity index (χ4v) is 9.08. The standard InChI is InChI=1S/C48H78N2O11/c1-32(15-10-8-11-16-34(3)41(59-7)31-40-17-14-26-48(57,61-40)45(54)46(55)50-27-12-9-13-28-50)29-35(4)42(51)44(53)43(52)36(5)30-33(2)18-22-38(58-6)23-19-37-20-24-39(25-21-37)60-47(49)56/h8,10-11,15-16,30,32-33,35,37-41,43-44,52-53,57H,9,12-14,17-29,31H2,1-7H3,(H2,49,56)/b11-8+,15-10+,34-16+,36-30+/t32-,33+,35-,37?,38+,39?,40+,41+,43-,44+,48-/m1/s1. The lowest BCUT2D eigenvalue weighted by atomic mass is 9.83. The third-order valence-electron chi connectivity index (χ3n) is 13.0. The number of piperidine rings is 1. The van der Waals surface area contributed by atoms with E-state index in [2.05, 4.69) is 6.92 Å². The maximum atomic E-state index is 13.2. The molecule has 0 bridgehead atoms. The number of nitrogens with zero attached hydrogens (tertiary/aromatic N) is 1. The first-order valence-electron chi connectivity index (χ1n) is 22.8. The highest BCUT2D eigenvalue weighted by atomic mass is 16.6. The number of rotatable bonds is 24. The number of primary amides is 1. The fraction of sp³-hybridized carbons (Fsp3) is 0.750. The van der Waals surface area contributed by atoms with Crippen molar-refractivity contribution < 1.29 is 53.4 Å². The zero-order chi connectivity index (χ0) is 45.1. The minimum Gasteiger partial charge on any atom is -0.446 e. The highest BCUT2D eigenvalue weighted by Crippen LogP contribution is 2.33. The van der Waals surface area contributed by atoms with Gasteiger partial charge in [-0.05, 0) is 133 Å². The molecule has 2 saturated heterocycles. The molecular weight excluding hydrogens is 781 g/mol. The van der Waals surface area contributed by atoms with Gasteiger partial charge in [-0.15, -0.1) is 0 Å². The van der Waals surface area contributed by atoms with E-state index in [4.69, 9.17) is 24.7 Å². The van der Waals surface area contributed by atoms with E-state index >= 15 is 0 Å². The minimum atomic E-state index is -2.12. The summed E-state index contributed by atoms with van der Waals surface area (Å²) >= 11 is 0. The average Bonchev–Trinajstić information content (AvgIpc) is 3.24. The number of ketones is 2. The molecule has 0 unspecified atom stereocenters. The molecule has 2 amide bonds. The van der Waals surface area contributed by atoms with E-state index < -0.39 is 47.8 Å². The van der Waals surface area contributed by atoms with Crippen LogP contribution in [-0.2, 0) is 33.3 Å². The predicted molar refractivity (Wildman–Crippen MR) is 235 cm³/mol. The molecule has 0 radical (unpaired) electrons. The van der Waals surface area contributed by atoms with Crippen LogP contribution in [0.1, 0.15) is 137 Å². The maximum Gasteiger partial charge on any atom is 0.404 e. The zero-order valence-corrected chi connectivity index (χ0v) is 38.1. The van der Waals surface area contributed by atoms with Gasteiger partial charge in [0, 0.05) is 46.1 Å². The second-order valence-electron chi connectivity index (χ2n) is 18.1. The Hall–Kier alpha value is -3.20. The normalized spacial score (nSPS) is 26.7. The molecule has 5 N–H and O–H groups in total.